The van der Waals surface area contributed by atoms with Crippen molar-refractivity contribution in [1.29, 1.82) is 0 Å². The number of nitrogens with one attached hydrogen (secondary N) is 1. The van der Waals surface area contributed by atoms with Crippen molar-refractivity contribution in [1.82, 2.24) is 14.6 Å². The lowest BCUT2D eigenvalue weighted by molar-refractivity contribution is -0.136. The first-order valence-electron chi connectivity index (χ1n) is 7.92. The van der Waals surface area contributed by atoms with Crippen LogP contribution in [0.3, 0.4) is 0 Å². The van der Waals surface area contributed by atoms with E-state index in [4.69, 9.17) is 5.11 Å². The number of nitrogens with zero attached hydrogens (tertiary/aromatic N) is 3. The fourth-order valence-corrected chi connectivity index (χ4v) is 2.40. The SMILES string of the molecule is CC(C)C(=O)Nc1nc2cccc(-c3ccc(CC(=O)O)cc3)n2n1. The number of amides is 1. The first-order chi connectivity index (χ1) is 11.9. The van der Waals surface area contributed by atoms with E-state index in [1.54, 1.807) is 36.6 Å². The molecule has 0 atom stereocenters. The maximum Gasteiger partial charge on any atom is 0.307 e. The number of pyridine rings is 1. The molecule has 0 aliphatic rings. The Labute approximate surface area is 144 Å². The molecule has 0 bridgehead atoms. The normalized spacial score (nSPS) is 11.0. The van der Waals surface area contributed by atoms with Crippen molar-refractivity contribution in [3.63, 3.8) is 0 Å². The second kappa shape index (κ2) is 6.72. The topological polar surface area (TPSA) is 96.6 Å². The zero-order valence-corrected chi connectivity index (χ0v) is 13.9. The van der Waals surface area contributed by atoms with Crippen LogP contribution in [0, 0.1) is 5.92 Å². The Morgan fingerprint density at radius 3 is 2.52 bits per heavy atom. The number of carboxylic acids is 1. The molecule has 0 spiro atoms. The van der Waals surface area contributed by atoms with Gasteiger partial charge in [0.05, 0.1) is 12.1 Å². The lowest BCUT2D eigenvalue weighted by Crippen LogP contribution is -2.18. The summed E-state index contributed by atoms with van der Waals surface area (Å²) in [6, 6.07) is 12.8. The minimum atomic E-state index is -0.864. The molecule has 1 amide bonds. The van der Waals surface area contributed by atoms with E-state index in [0.29, 0.717) is 5.65 Å². The number of carbonyl (C=O) groups is 2. The predicted molar refractivity (Wildman–Crippen MR) is 93.2 cm³/mol. The molecule has 0 unspecified atom stereocenters. The molecule has 3 rings (SSSR count). The van der Waals surface area contributed by atoms with Gasteiger partial charge in [-0.1, -0.05) is 44.2 Å². The zero-order chi connectivity index (χ0) is 18.0. The summed E-state index contributed by atoms with van der Waals surface area (Å²) < 4.78 is 1.65. The van der Waals surface area contributed by atoms with E-state index in [1.165, 1.54) is 0 Å². The Balaban J connectivity index is 1.95. The molecule has 2 aromatic heterocycles. The van der Waals surface area contributed by atoms with Gasteiger partial charge in [0.2, 0.25) is 11.9 Å². The molecular weight excluding hydrogens is 320 g/mol. The summed E-state index contributed by atoms with van der Waals surface area (Å²) in [6.45, 7) is 3.60. The lowest BCUT2D eigenvalue weighted by atomic mass is 10.1. The van der Waals surface area contributed by atoms with Gasteiger partial charge in [-0.15, -0.1) is 5.10 Å². The van der Waals surface area contributed by atoms with Gasteiger partial charge in [-0.3, -0.25) is 14.9 Å². The van der Waals surface area contributed by atoms with Crippen LogP contribution in [0.4, 0.5) is 5.95 Å². The number of hydrogen-bond donors (Lipinski definition) is 2. The molecule has 2 N–H and O–H groups in total. The maximum absolute atomic E-state index is 11.8. The van der Waals surface area contributed by atoms with E-state index < -0.39 is 5.97 Å². The number of fused-ring (bicyclic) bond motifs is 1. The van der Waals surface area contributed by atoms with Crippen molar-refractivity contribution < 1.29 is 14.7 Å². The van der Waals surface area contributed by atoms with Crippen LogP contribution >= 0.6 is 0 Å². The van der Waals surface area contributed by atoms with Gasteiger partial charge >= 0.3 is 5.97 Å². The molecule has 3 aromatic rings. The monoisotopic (exact) mass is 338 g/mol. The minimum absolute atomic E-state index is 0.0147. The first kappa shape index (κ1) is 16.6. The minimum Gasteiger partial charge on any atom is -0.481 e. The highest BCUT2D eigenvalue weighted by Crippen LogP contribution is 2.21. The molecule has 7 nitrogen and oxygen atoms in total. The smallest absolute Gasteiger partial charge is 0.307 e. The summed E-state index contributed by atoms with van der Waals surface area (Å²) in [7, 11) is 0. The molecule has 7 heteroatoms. The number of aromatic nitrogens is 3. The van der Waals surface area contributed by atoms with Crippen molar-refractivity contribution in [2.24, 2.45) is 5.92 Å². The first-order valence-corrected chi connectivity index (χ1v) is 7.92. The predicted octanol–water partition coefficient (Wildman–Crippen LogP) is 2.62. The van der Waals surface area contributed by atoms with Crippen LogP contribution in [0.15, 0.2) is 42.5 Å². The number of carbonyl (C=O) groups excluding carboxylic acids is 1. The summed E-state index contributed by atoms with van der Waals surface area (Å²) in [5.74, 6) is -0.909. The van der Waals surface area contributed by atoms with Crippen molar-refractivity contribution in [3.8, 4) is 11.3 Å². The van der Waals surface area contributed by atoms with Crippen molar-refractivity contribution >= 4 is 23.5 Å². The fraction of sp³-hybridized carbons (Fsp3) is 0.222. The summed E-state index contributed by atoms with van der Waals surface area (Å²) >= 11 is 0. The molecule has 1 aromatic carbocycles. The van der Waals surface area contributed by atoms with Crippen LogP contribution < -0.4 is 5.32 Å². The van der Waals surface area contributed by atoms with Crippen LogP contribution in [-0.4, -0.2) is 31.6 Å². The Kier molecular flexibility index (Phi) is 4.47. The van der Waals surface area contributed by atoms with Gasteiger partial charge in [0.25, 0.3) is 0 Å². The van der Waals surface area contributed by atoms with E-state index in [9.17, 15) is 9.59 Å². The average molecular weight is 338 g/mol. The average Bonchev–Trinajstić information content (AvgIpc) is 2.97. The number of hydrogen-bond acceptors (Lipinski definition) is 4. The van der Waals surface area contributed by atoms with Crippen molar-refractivity contribution in [3.05, 3.63) is 48.0 Å². The molecule has 0 fully saturated rings. The van der Waals surface area contributed by atoms with Gasteiger partial charge in [0.15, 0.2) is 5.65 Å². The largest absolute Gasteiger partial charge is 0.481 e. The van der Waals surface area contributed by atoms with E-state index in [0.717, 1.165) is 16.8 Å². The van der Waals surface area contributed by atoms with Gasteiger partial charge in [-0.25, -0.2) is 4.52 Å². The van der Waals surface area contributed by atoms with Gasteiger partial charge in [-0.05, 0) is 17.7 Å². The Bertz CT molecular complexity index is 929. The third-order valence-corrected chi connectivity index (χ3v) is 3.72. The van der Waals surface area contributed by atoms with Gasteiger partial charge in [0.1, 0.15) is 0 Å². The van der Waals surface area contributed by atoms with Gasteiger partial charge in [-0.2, -0.15) is 4.98 Å². The lowest BCUT2D eigenvalue weighted by Gasteiger charge is -2.05. The Hall–Kier alpha value is -3.22. The molecule has 25 heavy (non-hydrogen) atoms. The molecule has 0 radical (unpaired) electrons. The molecule has 0 aliphatic carbocycles. The van der Waals surface area contributed by atoms with E-state index in [2.05, 4.69) is 15.4 Å². The molecule has 2 heterocycles. The summed E-state index contributed by atoms with van der Waals surface area (Å²) in [6.07, 6.45) is -0.0147. The zero-order valence-electron chi connectivity index (χ0n) is 13.9. The summed E-state index contributed by atoms with van der Waals surface area (Å²) in [5.41, 5.74) is 3.03. The van der Waals surface area contributed by atoms with Gasteiger partial charge < -0.3 is 5.11 Å². The number of anilines is 1. The Morgan fingerprint density at radius 2 is 1.88 bits per heavy atom. The van der Waals surface area contributed by atoms with Crippen LogP contribution in [0.5, 0.6) is 0 Å². The standard InChI is InChI=1S/C18H18N4O3/c1-11(2)17(25)20-18-19-15-5-3-4-14(22(15)21-18)13-8-6-12(7-9-13)10-16(23)24/h3-9,11H,10H2,1-2H3,(H,23,24)(H,20,21,25). The Morgan fingerprint density at radius 1 is 1.16 bits per heavy atom. The highest BCUT2D eigenvalue weighted by molar-refractivity contribution is 5.90. The number of benzene rings is 1. The highest BCUT2D eigenvalue weighted by Gasteiger charge is 2.13. The van der Waals surface area contributed by atoms with Crippen molar-refractivity contribution in [2.75, 3.05) is 5.32 Å². The van der Waals surface area contributed by atoms with Crippen LogP contribution in [0.25, 0.3) is 16.9 Å². The summed E-state index contributed by atoms with van der Waals surface area (Å²) in [4.78, 5) is 26.9. The maximum atomic E-state index is 11.8. The quantitative estimate of drug-likeness (QED) is 0.745. The molecular formula is C18H18N4O3. The van der Waals surface area contributed by atoms with Crippen LogP contribution in [0.2, 0.25) is 0 Å². The van der Waals surface area contributed by atoms with Crippen LogP contribution in [-0.2, 0) is 16.0 Å². The molecule has 0 saturated carbocycles. The van der Waals surface area contributed by atoms with E-state index >= 15 is 0 Å². The fourth-order valence-electron chi connectivity index (χ4n) is 2.40. The molecule has 0 saturated heterocycles. The van der Waals surface area contributed by atoms with E-state index in [-0.39, 0.29) is 24.2 Å². The summed E-state index contributed by atoms with van der Waals surface area (Å²) in [5, 5.41) is 15.9. The number of carboxylic acid groups (broad SMARTS) is 1. The van der Waals surface area contributed by atoms with Gasteiger partial charge in [0, 0.05) is 11.5 Å². The highest BCUT2D eigenvalue weighted by atomic mass is 16.4. The number of rotatable bonds is 5. The molecule has 128 valence electrons. The van der Waals surface area contributed by atoms with E-state index in [1.807, 2.05) is 24.3 Å². The van der Waals surface area contributed by atoms with Crippen molar-refractivity contribution in [2.45, 2.75) is 20.3 Å². The molecule has 0 aliphatic heterocycles. The third kappa shape index (κ3) is 3.65. The number of aliphatic carboxylic acids is 1. The second-order valence-electron chi connectivity index (χ2n) is 6.03. The second-order valence-corrected chi connectivity index (χ2v) is 6.03. The third-order valence-electron chi connectivity index (χ3n) is 3.72. The van der Waals surface area contributed by atoms with Crippen LogP contribution in [0.1, 0.15) is 19.4 Å².